The number of thiazole rings is 1. The molecule has 0 spiro atoms. The van der Waals surface area contributed by atoms with Gasteiger partial charge in [-0.15, -0.1) is 11.3 Å². The number of para-hydroxylation sites is 1. The molecule has 1 aliphatic rings. The number of carbonyl (C=O) groups is 1. The number of rotatable bonds is 6. The van der Waals surface area contributed by atoms with Crippen LogP contribution < -0.4 is 10.1 Å². The Bertz CT molecular complexity index is 1740. The second kappa shape index (κ2) is 11.4. The van der Waals surface area contributed by atoms with E-state index in [1.807, 2.05) is 54.4 Å². The molecule has 0 unspecified atom stereocenters. The summed E-state index contributed by atoms with van der Waals surface area (Å²) >= 11 is 1.58. The number of alkyl halides is 3. The first kappa shape index (κ1) is 28.1. The minimum absolute atomic E-state index is 0.0693. The molecule has 1 fully saturated rings. The van der Waals surface area contributed by atoms with Crippen molar-refractivity contribution in [2.24, 2.45) is 0 Å². The zero-order chi connectivity index (χ0) is 29.4. The molecule has 1 aliphatic heterocycles. The number of hydrogen-bond acceptors (Lipinski definition) is 6. The Morgan fingerprint density at radius 1 is 0.976 bits per heavy atom. The quantitative estimate of drug-likeness (QED) is 0.228. The lowest BCUT2D eigenvalue weighted by atomic mass is 10.0. The summed E-state index contributed by atoms with van der Waals surface area (Å²) in [6.07, 6.45) is -4.56. The zero-order valence-corrected chi connectivity index (χ0v) is 24.0. The fourth-order valence-electron chi connectivity index (χ4n) is 5.25. The standard InChI is InChI=1S/C32H29F3N4O2S/c1-38-11-13-39(14-12-38)19-22-9-10-24(18-26(22)32(33,34)35)36-30(40)25-16-23-15-21(8-7-20(23)17-28(25)41-2)31-37-27-5-3-4-6-29(27)42-31/h3-10,15-18H,11-14,19H2,1-2H3,(H,36,40). The number of piperazine rings is 1. The van der Waals surface area contributed by atoms with E-state index < -0.39 is 17.6 Å². The van der Waals surface area contributed by atoms with Gasteiger partial charge in [0.25, 0.3) is 5.91 Å². The zero-order valence-electron chi connectivity index (χ0n) is 23.2. The summed E-state index contributed by atoms with van der Waals surface area (Å²) < 4.78 is 48.8. The van der Waals surface area contributed by atoms with Crippen LogP contribution in [-0.2, 0) is 12.7 Å². The average molecular weight is 591 g/mol. The molecule has 1 aromatic heterocycles. The summed E-state index contributed by atoms with van der Waals surface area (Å²) in [7, 11) is 3.46. The Hall–Kier alpha value is -3.99. The first-order valence-electron chi connectivity index (χ1n) is 13.6. The smallest absolute Gasteiger partial charge is 0.416 e. The van der Waals surface area contributed by atoms with E-state index in [0.717, 1.165) is 50.7 Å². The fourth-order valence-corrected chi connectivity index (χ4v) is 6.22. The number of benzene rings is 4. The van der Waals surface area contributed by atoms with E-state index in [4.69, 9.17) is 9.72 Å². The monoisotopic (exact) mass is 590 g/mol. The van der Waals surface area contributed by atoms with Crippen molar-refractivity contribution in [1.29, 1.82) is 0 Å². The molecule has 10 heteroatoms. The molecule has 5 aromatic rings. The van der Waals surface area contributed by atoms with E-state index in [9.17, 15) is 18.0 Å². The Labute approximate surface area is 245 Å². The number of likely N-dealkylation sites (N-methyl/N-ethyl adjacent to an activating group) is 1. The Balaban J connectivity index is 1.28. The summed E-state index contributed by atoms with van der Waals surface area (Å²) in [5.41, 5.74) is 1.56. The highest BCUT2D eigenvalue weighted by Gasteiger charge is 2.34. The predicted molar refractivity (Wildman–Crippen MR) is 161 cm³/mol. The van der Waals surface area contributed by atoms with Gasteiger partial charge in [0.15, 0.2) is 0 Å². The molecule has 0 bridgehead atoms. The molecular formula is C32H29F3N4O2S. The van der Waals surface area contributed by atoms with Crippen LogP contribution in [0.2, 0.25) is 0 Å². The second-order valence-corrected chi connectivity index (χ2v) is 11.5. The van der Waals surface area contributed by atoms with Gasteiger partial charge in [0, 0.05) is 44.0 Å². The highest BCUT2D eigenvalue weighted by molar-refractivity contribution is 7.21. The molecule has 1 amide bonds. The van der Waals surface area contributed by atoms with E-state index in [1.165, 1.54) is 19.2 Å². The molecular weight excluding hydrogens is 561 g/mol. The van der Waals surface area contributed by atoms with Crippen molar-refractivity contribution in [2.45, 2.75) is 12.7 Å². The van der Waals surface area contributed by atoms with Gasteiger partial charge in [-0.05, 0) is 65.8 Å². The summed E-state index contributed by atoms with van der Waals surface area (Å²) in [6, 6.07) is 21.2. The molecule has 42 heavy (non-hydrogen) atoms. The number of amides is 1. The third-order valence-electron chi connectivity index (χ3n) is 7.61. The first-order valence-corrected chi connectivity index (χ1v) is 14.4. The maximum absolute atomic E-state index is 14.1. The van der Waals surface area contributed by atoms with Gasteiger partial charge < -0.3 is 15.0 Å². The molecule has 0 saturated carbocycles. The number of aromatic nitrogens is 1. The van der Waals surface area contributed by atoms with Crippen LogP contribution in [-0.4, -0.2) is 61.0 Å². The average Bonchev–Trinajstić information content (AvgIpc) is 3.42. The van der Waals surface area contributed by atoms with Gasteiger partial charge >= 0.3 is 6.18 Å². The molecule has 0 aliphatic carbocycles. The molecule has 216 valence electrons. The maximum atomic E-state index is 14.1. The Morgan fingerprint density at radius 3 is 2.50 bits per heavy atom. The number of nitrogens with zero attached hydrogens (tertiary/aromatic N) is 3. The third kappa shape index (κ3) is 5.83. The van der Waals surface area contributed by atoms with Crippen molar-refractivity contribution in [3.05, 3.63) is 89.5 Å². The molecule has 4 aromatic carbocycles. The molecule has 0 radical (unpaired) electrons. The molecule has 1 saturated heterocycles. The molecule has 2 heterocycles. The molecule has 6 rings (SSSR count). The van der Waals surface area contributed by atoms with Crippen molar-refractivity contribution in [3.8, 4) is 16.3 Å². The fraction of sp³-hybridized carbons (Fsp3) is 0.250. The van der Waals surface area contributed by atoms with Gasteiger partial charge in [0.2, 0.25) is 0 Å². The number of hydrogen-bond donors (Lipinski definition) is 1. The highest BCUT2D eigenvalue weighted by Crippen LogP contribution is 2.36. The van der Waals surface area contributed by atoms with Crippen LogP contribution in [0, 0.1) is 0 Å². The van der Waals surface area contributed by atoms with Crippen molar-refractivity contribution >= 4 is 43.9 Å². The van der Waals surface area contributed by atoms with Crippen molar-refractivity contribution in [1.82, 2.24) is 14.8 Å². The lowest BCUT2D eigenvalue weighted by Gasteiger charge is -2.33. The van der Waals surface area contributed by atoms with Crippen LogP contribution in [0.1, 0.15) is 21.5 Å². The predicted octanol–water partition coefficient (Wildman–Crippen LogP) is 7.14. The topological polar surface area (TPSA) is 57.7 Å². The van der Waals surface area contributed by atoms with E-state index in [-0.39, 0.29) is 23.4 Å². The van der Waals surface area contributed by atoms with Crippen molar-refractivity contribution < 1.29 is 22.7 Å². The van der Waals surface area contributed by atoms with Gasteiger partial charge in [-0.1, -0.05) is 30.3 Å². The Morgan fingerprint density at radius 2 is 1.76 bits per heavy atom. The van der Waals surface area contributed by atoms with Crippen LogP contribution >= 0.6 is 11.3 Å². The van der Waals surface area contributed by atoms with E-state index in [1.54, 1.807) is 23.5 Å². The lowest BCUT2D eigenvalue weighted by molar-refractivity contribution is -0.138. The maximum Gasteiger partial charge on any atom is 0.416 e. The normalized spacial score (nSPS) is 14.9. The first-order chi connectivity index (χ1) is 20.2. The number of methoxy groups -OCH3 is 1. The van der Waals surface area contributed by atoms with Gasteiger partial charge in [-0.25, -0.2) is 4.98 Å². The molecule has 6 nitrogen and oxygen atoms in total. The van der Waals surface area contributed by atoms with E-state index >= 15 is 0 Å². The van der Waals surface area contributed by atoms with Crippen LogP contribution in [0.4, 0.5) is 18.9 Å². The van der Waals surface area contributed by atoms with Gasteiger partial charge in [-0.3, -0.25) is 9.69 Å². The third-order valence-corrected chi connectivity index (χ3v) is 8.69. The Kier molecular flexibility index (Phi) is 7.61. The lowest BCUT2D eigenvalue weighted by Crippen LogP contribution is -2.44. The summed E-state index contributed by atoms with van der Waals surface area (Å²) in [5, 5.41) is 5.17. The van der Waals surface area contributed by atoms with Crippen molar-refractivity contribution in [2.75, 3.05) is 45.7 Å². The van der Waals surface area contributed by atoms with E-state index in [2.05, 4.69) is 10.2 Å². The van der Waals surface area contributed by atoms with Crippen LogP contribution in [0.3, 0.4) is 0 Å². The molecule has 1 N–H and O–H groups in total. The number of anilines is 1. The number of halogens is 3. The number of nitrogens with one attached hydrogen (secondary N) is 1. The highest BCUT2D eigenvalue weighted by atomic mass is 32.1. The van der Waals surface area contributed by atoms with Crippen LogP contribution in [0.25, 0.3) is 31.6 Å². The number of carbonyl (C=O) groups excluding carboxylic acids is 1. The van der Waals surface area contributed by atoms with Gasteiger partial charge in [-0.2, -0.15) is 13.2 Å². The van der Waals surface area contributed by atoms with Gasteiger partial charge in [0.05, 0.1) is 28.5 Å². The SMILES string of the molecule is COc1cc2ccc(-c3nc4ccccc4s3)cc2cc1C(=O)Nc1ccc(CN2CCN(C)CC2)c(C(F)(F)F)c1. The largest absolute Gasteiger partial charge is 0.496 e. The second-order valence-electron chi connectivity index (χ2n) is 10.5. The number of ether oxygens (including phenoxy) is 1. The van der Waals surface area contributed by atoms with Crippen LogP contribution in [0.15, 0.2) is 72.8 Å². The summed E-state index contributed by atoms with van der Waals surface area (Å²) in [5.74, 6) is -0.227. The minimum Gasteiger partial charge on any atom is -0.496 e. The van der Waals surface area contributed by atoms with E-state index in [0.29, 0.717) is 18.8 Å². The summed E-state index contributed by atoms with van der Waals surface area (Å²) in [4.78, 5) is 22.3. The number of fused-ring (bicyclic) bond motifs is 2. The van der Waals surface area contributed by atoms with Crippen LogP contribution in [0.5, 0.6) is 5.75 Å². The van der Waals surface area contributed by atoms with Crippen molar-refractivity contribution in [3.63, 3.8) is 0 Å². The summed E-state index contributed by atoms with van der Waals surface area (Å²) in [6.45, 7) is 3.23. The van der Waals surface area contributed by atoms with Gasteiger partial charge in [0.1, 0.15) is 10.8 Å². The minimum atomic E-state index is -4.56. The molecule has 0 atom stereocenters.